The van der Waals surface area contributed by atoms with Crippen LogP contribution >= 0.6 is 11.6 Å². The summed E-state index contributed by atoms with van der Waals surface area (Å²) in [6.07, 6.45) is 0.874. The lowest BCUT2D eigenvalue weighted by atomic mass is 9.94. The number of carbonyl (C=O) groups excluding carboxylic acids is 1. The second kappa shape index (κ2) is 8.84. The molecule has 0 fully saturated rings. The van der Waals surface area contributed by atoms with Gasteiger partial charge in [0.2, 0.25) is 0 Å². The smallest absolute Gasteiger partial charge is 0.360 e. The van der Waals surface area contributed by atoms with Crippen LogP contribution in [0, 0.1) is 0 Å². The lowest BCUT2D eigenvalue weighted by molar-refractivity contribution is -0.132. The molecule has 0 aliphatic heterocycles. The first-order chi connectivity index (χ1) is 12.1. The number of nitrogens with zero attached hydrogens (tertiary/aromatic N) is 2. The zero-order valence-electron chi connectivity index (χ0n) is 13.7. The quantitative estimate of drug-likeness (QED) is 0.367. The highest BCUT2D eigenvalue weighted by Crippen LogP contribution is 2.30. The van der Waals surface area contributed by atoms with Crippen LogP contribution in [0.4, 0.5) is 0 Å². The lowest BCUT2D eigenvalue weighted by Gasteiger charge is -2.19. The number of esters is 1. The molecule has 1 unspecified atom stereocenters. The molecule has 2 aromatic rings. The Kier molecular flexibility index (Phi) is 6.54. The number of methoxy groups -OCH3 is 1. The zero-order valence-corrected chi connectivity index (χ0v) is 14.5. The number of benzene rings is 2. The number of ether oxygens (including phenoxy) is 1. The molecule has 6 nitrogen and oxygen atoms in total. The summed E-state index contributed by atoms with van der Waals surface area (Å²) in [5, 5.41) is 16.8. The van der Waals surface area contributed by atoms with Crippen molar-refractivity contribution in [1.82, 2.24) is 0 Å². The van der Waals surface area contributed by atoms with Crippen molar-refractivity contribution in [2.45, 2.75) is 13.0 Å². The molecule has 0 bridgehead atoms. The summed E-state index contributed by atoms with van der Waals surface area (Å²) >= 11 is 5.95. The van der Waals surface area contributed by atoms with E-state index in [0.717, 1.165) is 5.56 Å². The number of oxime groups is 2. The van der Waals surface area contributed by atoms with Crippen molar-refractivity contribution in [1.29, 1.82) is 0 Å². The van der Waals surface area contributed by atoms with E-state index in [9.17, 15) is 10.0 Å². The first kappa shape index (κ1) is 18.5. The Morgan fingerprint density at radius 3 is 2.48 bits per heavy atom. The Morgan fingerprint density at radius 2 is 1.88 bits per heavy atom. The van der Waals surface area contributed by atoms with Crippen LogP contribution in [0.2, 0.25) is 5.02 Å². The van der Waals surface area contributed by atoms with Crippen LogP contribution in [-0.4, -0.2) is 30.2 Å². The third kappa shape index (κ3) is 4.36. The van der Waals surface area contributed by atoms with E-state index in [1.54, 1.807) is 55.5 Å². The minimum Gasteiger partial charge on any atom is -0.464 e. The van der Waals surface area contributed by atoms with Gasteiger partial charge in [0.25, 0.3) is 0 Å². The van der Waals surface area contributed by atoms with Gasteiger partial charge in [0.1, 0.15) is 0 Å². The summed E-state index contributed by atoms with van der Waals surface area (Å²) in [6, 6.07) is 13.9. The van der Waals surface area contributed by atoms with Gasteiger partial charge in [-0.1, -0.05) is 58.3 Å². The van der Waals surface area contributed by atoms with Crippen molar-refractivity contribution < 1.29 is 19.6 Å². The van der Waals surface area contributed by atoms with Crippen molar-refractivity contribution >= 4 is 29.5 Å². The molecule has 0 heterocycles. The molecule has 0 amide bonds. The molecule has 1 N–H and O–H groups in total. The van der Waals surface area contributed by atoms with Crippen LogP contribution in [0.25, 0.3) is 0 Å². The number of rotatable bonds is 6. The third-order valence-corrected chi connectivity index (χ3v) is 3.67. The maximum Gasteiger partial charge on any atom is 0.360 e. The molecule has 25 heavy (non-hydrogen) atoms. The summed E-state index contributed by atoms with van der Waals surface area (Å²) in [7, 11) is 1.21. The van der Waals surface area contributed by atoms with E-state index in [-0.39, 0.29) is 5.71 Å². The van der Waals surface area contributed by atoms with Crippen LogP contribution in [0.15, 0.2) is 58.8 Å². The molecule has 0 aromatic heterocycles. The largest absolute Gasteiger partial charge is 0.464 e. The van der Waals surface area contributed by atoms with Crippen LogP contribution in [0.1, 0.15) is 29.7 Å². The van der Waals surface area contributed by atoms with Gasteiger partial charge < -0.3 is 14.8 Å². The number of hydrogen-bond donors (Lipinski definition) is 1. The predicted molar refractivity (Wildman–Crippen MR) is 95.3 cm³/mol. The minimum atomic E-state index is -0.760. The first-order valence-corrected chi connectivity index (χ1v) is 7.79. The molecule has 2 rings (SSSR count). The van der Waals surface area contributed by atoms with Crippen molar-refractivity contribution in [3.05, 3.63) is 70.2 Å². The summed E-state index contributed by atoms with van der Waals surface area (Å²) in [6.45, 7) is 1.72. The summed E-state index contributed by atoms with van der Waals surface area (Å²) in [5.74, 6) is -0.760. The predicted octanol–water partition coefficient (Wildman–Crippen LogP) is 3.80. The highest BCUT2D eigenvalue weighted by molar-refractivity contribution is 6.43. The fourth-order valence-electron chi connectivity index (χ4n) is 2.30. The average molecular weight is 361 g/mol. The Morgan fingerprint density at radius 1 is 1.20 bits per heavy atom. The van der Waals surface area contributed by atoms with Gasteiger partial charge in [-0.05, 0) is 24.6 Å². The Bertz CT molecular complexity index is 788. The van der Waals surface area contributed by atoms with Crippen LogP contribution in [-0.2, 0) is 14.4 Å². The van der Waals surface area contributed by atoms with Gasteiger partial charge in [-0.2, -0.15) is 0 Å². The van der Waals surface area contributed by atoms with Crippen molar-refractivity contribution in [3.63, 3.8) is 0 Å². The molecular weight excluding hydrogens is 344 g/mol. The van der Waals surface area contributed by atoms with Gasteiger partial charge >= 0.3 is 5.97 Å². The van der Waals surface area contributed by atoms with Crippen molar-refractivity contribution in [2.75, 3.05) is 7.11 Å². The van der Waals surface area contributed by atoms with Crippen LogP contribution in [0.5, 0.6) is 0 Å². The summed E-state index contributed by atoms with van der Waals surface area (Å²) in [5.41, 5.74) is 1.52. The van der Waals surface area contributed by atoms with Gasteiger partial charge in [0.05, 0.1) is 7.11 Å². The van der Waals surface area contributed by atoms with E-state index in [4.69, 9.17) is 16.4 Å². The maximum absolute atomic E-state index is 11.9. The SMILES string of the molecule is CC=NOC(c1ccc(Cl)cc1)c1ccccc1C(=NO)C(=O)OC. The number of carbonyl (C=O) groups is 1. The number of halogens is 1. The molecule has 0 saturated heterocycles. The molecule has 0 radical (unpaired) electrons. The van der Waals surface area contributed by atoms with Crippen molar-refractivity contribution in [2.24, 2.45) is 10.3 Å². The average Bonchev–Trinajstić information content (AvgIpc) is 2.64. The van der Waals surface area contributed by atoms with Gasteiger partial charge in [-0.25, -0.2) is 4.79 Å². The highest BCUT2D eigenvalue weighted by atomic mass is 35.5. The third-order valence-electron chi connectivity index (χ3n) is 3.42. The summed E-state index contributed by atoms with van der Waals surface area (Å²) < 4.78 is 4.68. The zero-order chi connectivity index (χ0) is 18.2. The first-order valence-electron chi connectivity index (χ1n) is 7.41. The van der Waals surface area contributed by atoms with Gasteiger partial charge in [0, 0.05) is 22.4 Å². The molecular formula is C18H17ClN2O4. The topological polar surface area (TPSA) is 80.5 Å². The molecule has 0 saturated carbocycles. The molecule has 0 aliphatic rings. The van der Waals surface area contributed by atoms with E-state index >= 15 is 0 Å². The van der Waals surface area contributed by atoms with Gasteiger partial charge in [-0.15, -0.1) is 0 Å². The van der Waals surface area contributed by atoms with Crippen LogP contribution in [0.3, 0.4) is 0 Å². The fraction of sp³-hybridized carbons (Fsp3) is 0.167. The van der Waals surface area contributed by atoms with E-state index in [1.165, 1.54) is 13.3 Å². The normalized spacial score (nSPS) is 12.8. The summed E-state index contributed by atoms with van der Waals surface area (Å²) in [4.78, 5) is 17.5. The second-order valence-electron chi connectivity index (χ2n) is 4.93. The molecule has 0 spiro atoms. The fourth-order valence-corrected chi connectivity index (χ4v) is 2.43. The molecule has 1 atom stereocenters. The maximum atomic E-state index is 11.9. The standard InChI is InChI=1S/C18H17ClN2O4/c1-3-20-25-17(12-8-10-13(19)11-9-12)15-7-5-4-6-14(15)16(21-23)18(22)24-2/h3-11,17,23H,1-2H3. The highest BCUT2D eigenvalue weighted by Gasteiger charge is 2.25. The monoisotopic (exact) mass is 360 g/mol. The Labute approximate surface area is 150 Å². The van der Waals surface area contributed by atoms with Gasteiger partial charge in [0.15, 0.2) is 11.8 Å². The van der Waals surface area contributed by atoms with E-state index in [1.807, 2.05) is 0 Å². The van der Waals surface area contributed by atoms with Gasteiger partial charge in [-0.3, -0.25) is 0 Å². The minimum absolute atomic E-state index is 0.221. The Balaban J connectivity index is 2.58. The molecule has 130 valence electrons. The van der Waals surface area contributed by atoms with E-state index < -0.39 is 12.1 Å². The second-order valence-corrected chi connectivity index (χ2v) is 5.36. The van der Waals surface area contributed by atoms with E-state index in [2.05, 4.69) is 15.0 Å². The van der Waals surface area contributed by atoms with Crippen LogP contribution < -0.4 is 0 Å². The molecule has 7 heteroatoms. The lowest BCUT2D eigenvalue weighted by Crippen LogP contribution is -2.20. The molecule has 0 aliphatic carbocycles. The van der Waals surface area contributed by atoms with E-state index in [0.29, 0.717) is 16.1 Å². The van der Waals surface area contributed by atoms with Crippen molar-refractivity contribution in [3.8, 4) is 0 Å². The Hall–Kier alpha value is -2.86. The number of hydrogen-bond acceptors (Lipinski definition) is 6. The molecule has 2 aromatic carbocycles.